The predicted molar refractivity (Wildman–Crippen MR) is 92.7 cm³/mol. The molecule has 1 saturated heterocycles. The van der Waals surface area contributed by atoms with Crippen molar-refractivity contribution in [3.8, 4) is 5.75 Å². The first-order valence-corrected chi connectivity index (χ1v) is 7.45. The van der Waals surface area contributed by atoms with Gasteiger partial charge in [-0.15, -0.1) is 0 Å². The summed E-state index contributed by atoms with van der Waals surface area (Å²) < 4.78 is 0. The molecule has 0 aromatic heterocycles. The number of piperazine rings is 1. The zero-order chi connectivity index (χ0) is 16.8. The summed E-state index contributed by atoms with van der Waals surface area (Å²) >= 11 is 0. The number of phenols is 1. The van der Waals surface area contributed by atoms with E-state index in [0.717, 1.165) is 5.70 Å². The van der Waals surface area contributed by atoms with Crippen molar-refractivity contribution in [1.29, 1.82) is 0 Å². The van der Waals surface area contributed by atoms with Crippen LogP contribution >= 0.6 is 0 Å². The Morgan fingerprint density at radius 2 is 1.96 bits per heavy atom. The minimum Gasteiger partial charge on any atom is -0.505 e. The van der Waals surface area contributed by atoms with Crippen LogP contribution in [-0.4, -0.2) is 60.3 Å². The summed E-state index contributed by atoms with van der Waals surface area (Å²) in [6.07, 6.45) is 5.40. The SMILES string of the molecule is C=C/C(=C\C=NC)N1CCN(C(=O)c2cccc(N)c2O)CC1. The molecule has 1 aliphatic heterocycles. The number of aromatic hydroxyl groups is 1. The summed E-state index contributed by atoms with van der Waals surface area (Å²) in [6, 6.07) is 4.83. The number of nitrogens with two attached hydrogens (primary N) is 1. The van der Waals surface area contributed by atoms with E-state index in [1.54, 1.807) is 42.4 Å². The van der Waals surface area contributed by atoms with Crippen molar-refractivity contribution >= 4 is 17.8 Å². The number of nitrogen functional groups attached to an aromatic ring is 1. The molecule has 23 heavy (non-hydrogen) atoms. The fourth-order valence-corrected chi connectivity index (χ4v) is 2.53. The summed E-state index contributed by atoms with van der Waals surface area (Å²) in [6.45, 7) is 6.35. The Hall–Kier alpha value is -2.76. The van der Waals surface area contributed by atoms with Crippen LogP contribution in [0.15, 0.2) is 47.6 Å². The van der Waals surface area contributed by atoms with Crippen LogP contribution in [0.25, 0.3) is 0 Å². The Morgan fingerprint density at radius 1 is 1.30 bits per heavy atom. The van der Waals surface area contributed by atoms with E-state index < -0.39 is 0 Å². The number of amides is 1. The average molecular weight is 314 g/mol. The molecular formula is C17H22N4O2. The number of carbonyl (C=O) groups is 1. The van der Waals surface area contributed by atoms with Gasteiger partial charge in [0.15, 0.2) is 5.75 Å². The van der Waals surface area contributed by atoms with Crippen LogP contribution in [0.1, 0.15) is 10.4 Å². The normalized spacial score (nSPS) is 16.0. The molecule has 1 fully saturated rings. The van der Waals surface area contributed by atoms with Gasteiger partial charge >= 0.3 is 0 Å². The van der Waals surface area contributed by atoms with E-state index in [1.807, 2.05) is 6.08 Å². The summed E-state index contributed by atoms with van der Waals surface area (Å²) in [4.78, 5) is 20.3. The van der Waals surface area contributed by atoms with E-state index in [0.29, 0.717) is 26.2 Å². The summed E-state index contributed by atoms with van der Waals surface area (Å²) in [7, 11) is 1.71. The first kappa shape index (κ1) is 16.6. The van der Waals surface area contributed by atoms with Gasteiger partial charge in [0.2, 0.25) is 0 Å². The fourth-order valence-electron chi connectivity index (χ4n) is 2.53. The van der Waals surface area contributed by atoms with Gasteiger partial charge in [0.05, 0.1) is 11.3 Å². The minimum absolute atomic E-state index is 0.147. The van der Waals surface area contributed by atoms with Crippen molar-refractivity contribution in [2.45, 2.75) is 0 Å². The number of rotatable bonds is 4. The Kier molecular flexibility index (Phi) is 5.41. The van der Waals surface area contributed by atoms with Crippen molar-refractivity contribution in [1.82, 2.24) is 9.80 Å². The molecule has 1 heterocycles. The molecule has 1 aromatic rings. The molecule has 0 aliphatic carbocycles. The lowest BCUT2D eigenvalue weighted by atomic mass is 10.1. The number of para-hydroxylation sites is 1. The van der Waals surface area contributed by atoms with E-state index in [2.05, 4.69) is 16.5 Å². The number of hydrogen-bond donors (Lipinski definition) is 2. The van der Waals surface area contributed by atoms with Gasteiger partial charge in [0, 0.05) is 45.1 Å². The van der Waals surface area contributed by atoms with Gasteiger partial charge in [-0.3, -0.25) is 9.79 Å². The Balaban J connectivity index is 2.05. The molecule has 0 bridgehead atoms. The van der Waals surface area contributed by atoms with Gasteiger partial charge in [-0.1, -0.05) is 12.6 Å². The van der Waals surface area contributed by atoms with Crippen LogP contribution in [0.4, 0.5) is 5.69 Å². The van der Waals surface area contributed by atoms with Crippen molar-refractivity contribution in [3.05, 3.63) is 48.2 Å². The topological polar surface area (TPSA) is 82.2 Å². The Bertz CT molecular complexity index is 644. The fraction of sp³-hybridized carbons (Fsp3) is 0.294. The molecule has 0 unspecified atom stereocenters. The number of nitrogens with zero attached hydrogens (tertiary/aromatic N) is 3. The number of phenolic OH excluding ortho intramolecular Hbond substituents is 1. The van der Waals surface area contributed by atoms with Gasteiger partial charge in [-0.2, -0.15) is 0 Å². The smallest absolute Gasteiger partial charge is 0.257 e. The minimum atomic E-state index is -0.200. The monoisotopic (exact) mass is 314 g/mol. The summed E-state index contributed by atoms with van der Waals surface area (Å²) in [5.74, 6) is -0.348. The maximum atomic E-state index is 12.5. The second-order valence-corrected chi connectivity index (χ2v) is 5.23. The lowest BCUT2D eigenvalue weighted by Gasteiger charge is -2.36. The molecule has 122 valence electrons. The summed E-state index contributed by atoms with van der Waals surface area (Å²) in [5.41, 5.74) is 7.09. The highest BCUT2D eigenvalue weighted by Crippen LogP contribution is 2.26. The number of anilines is 1. The molecule has 1 aliphatic rings. The quantitative estimate of drug-likeness (QED) is 0.382. The van der Waals surface area contributed by atoms with Crippen molar-refractivity contribution < 1.29 is 9.90 Å². The van der Waals surface area contributed by atoms with Gasteiger partial charge < -0.3 is 20.6 Å². The number of allylic oxidation sites excluding steroid dienone is 2. The number of hydrogen-bond acceptors (Lipinski definition) is 5. The summed E-state index contributed by atoms with van der Waals surface area (Å²) in [5, 5.41) is 9.95. The molecule has 0 spiro atoms. The standard InChI is InChI=1S/C17H22N4O2/c1-3-13(7-8-19-2)20-9-11-21(12-10-20)17(23)14-5-4-6-15(18)16(14)22/h3-8,22H,1,9-12,18H2,2H3/b13-7+,19-8?. The van der Waals surface area contributed by atoms with Crippen LogP contribution in [-0.2, 0) is 0 Å². The highest BCUT2D eigenvalue weighted by molar-refractivity contribution is 5.98. The molecule has 6 nitrogen and oxygen atoms in total. The second kappa shape index (κ2) is 7.49. The number of benzene rings is 1. The zero-order valence-electron chi connectivity index (χ0n) is 13.3. The molecule has 3 N–H and O–H groups in total. The van der Waals surface area contributed by atoms with Crippen molar-refractivity contribution in [2.75, 3.05) is 39.0 Å². The first-order chi connectivity index (χ1) is 11.1. The van der Waals surface area contributed by atoms with Crippen LogP contribution in [0.2, 0.25) is 0 Å². The molecular weight excluding hydrogens is 292 g/mol. The maximum Gasteiger partial charge on any atom is 0.257 e. The molecule has 0 atom stereocenters. The van der Waals surface area contributed by atoms with E-state index >= 15 is 0 Å². The molecule has 1 amide bonds. The number of aliphatic imine (C=N–C) groups is 1. The Labute approximate surface area is 136 Å². The lowest BCUT2D eigenvalue weighted by molar-refractivity contribution is 0.0670. The molecule has 2 rings (SSSR count). The largest absolute Gasteiger partial charge is 0.505 e. The predicted octanol–water partition coefficient (Wildman–Crippen LogP) is 1.50. The Morgan fingerprint density at radius 3 is 2.57 bits per heavy atom. The molecule has 0 saturated carbocycles. The highest BCUT2D eigenvalue weighted by atomic mass is 16.3. The molecule has 1 aromatic carbocycles. The van der Waals surface area contributed by atoms with E-state index in [-0.39, 0.29) is 22.9 Å². The van der Waals surface area contributed by atoms with E-state index in [1.165, 1.54) is 0 Å². The zero-order valence-corrected chi connectivity index (χ0v) is 13.3. The van der Waals surface area contributed by atoms with Crippen molar-refractivity contribution in [2.24, 2.45) is 4.99 Å². The van der Waals surface area contributed by atoms with Gasteiger partial charge in [0.25, 0.3) is 5.91 Å². The van der Waals surface area contributed by atoms with Crippen LogP contribution in [0, 0.1) is 0 Å². The third-order valence-corrected chi connectivity index (χ3v) is 3.83. The maximum absolute atomic E-state index is 12.5. The van der Waals surface area contributed by atoms with E-state index in [9.17, 15) is 9.90 Å². The van der Waals surface area contributed by atoms with Crippen LogP contribution in [0.5, 0.6) is 5.75 Å². The first-order valence-electron chi connectivity index (χ1n) is 7.45. The van der Waals surface area contributed by atoms with Gasteiger partial charge in [-0.25, -0.2) is 0 Å². The van der Waals surface area contributed by atoms with Crippen LogP contribution < -0.4 is 5.73 Å². The molecule has 0 radical (unpaired) electrons. The third kappa shape index (κ3) is 3.71. The second-order valence-electron chi connectivity index (χ2n) is 5.23. The average Bonchev–Trinajstić information content (AvgIpc) is 2.58. The van der Waals surface area contributed by atoms with Gasteiger partial charge in [-0.05, 0) is 24.3 Å². The van der Waals surface area contributed by atoms with E-state index in [4.69, 9.17) is 5.73 Å². The number of carbonyl (C=O) groups excluding carboxylic acids is 1. The van der Waals surface area contributed by atoms with Crippen LogP contribution in [0.3, 0.4) is 0 Å². The van der Waals surface area contributed by atoms with Crippen molar-refractivity contribution in [3.63, 3.8) is 0 Å². The highest BCUT2D eigenvalue weighted by Gasteiger charge is 2.24. The third-order valence-electron chi connectivity index (χ3n) is 3.83. The van der Waals surface area contributed by atoms with Gasteiger partial charge in [0.1, 0.15) is 0 Å². The molecule has 6 heteroatoms. The lowest BCUT2D eigenvalue weighted by Crippen LogP contribution is -2.48.